The highest BCUT2D eigenvalue weighted by molar-refractivity contribution is 5.98. The van der Waals surface area contributed by atoms with E-state index < -0.39 is 22.8 Å². The van der Waals surface area contributed by atoms with E-state index >= 15 is 0 Å². The number of aliphatic carboxylic acids is 2. The summed E-state index contributed by atoms with van der Waals surface area (Å²) in [6, 6.07) is 0. The van der Waals surface area contributed by atoms with Gasteiger partial charge in [-0.25, -0.2) is 0 Å². The molecule has 4 nitrogen and oxygen atoms in total. The molecule has 4 heteroatoms. The molecule has 0 aromatic heterocycles. The molecule has 82 valence electrons. The number of carbonyl (C=O) groups is 2. The predicted molar refractivity (Wildman–Crippen MR) is 52.0 cm³/mol. The van der Waals surface area contributed by atoms with Crippen LogP contribution in [-0.4, -0.2) is 22.2 Å². The van der Waals surface area contributed by atoms with E-state index in [0.29, 0.717) is 0 Å². The quantitative estimate of drug-likeness (QED) is 0.682. The molecule has 0 spiro atoms. The summed E-state index contributed by atoms with van der Waals surface area (Å²) in [5.41, 5.74) is -2.55. The highest BCUT2D eigenvalue weighted by Crippen LogP contribution is 2.45. The van der Waals surface area contributed by atoms with Gasteiger partial charge in [-0.1, -0.05) is 27.7 Å². The Bertz CT molecular complexity index is 239. The van der Waals surface area contributed by atoms with E-state index in [2.05, 4.69) is 0 Å². The van der Waals surface area contributed by atoms with Crippen LogP contribution in [0.15, 0.2) is 0 Å². The van der Waals surface area contributed by atoms with Gasteiger partial charge in [-0.15, -0.1) is 0 Å². The van der Waals surface area contributed by atoms with Gasteiger partial charge in [-0.3, -0.25) is 9.59 Å². The van der Waals surface area contributed by atoms with Gasteiger partial charge in [0, 0.05) is 0 Å². The number of hydrogen-bond acceptors (Lipinski definition) is 2. The Morgan fingerprint density at radius 1 is 1.00 bits per heavy atom. The van der Waals surface area contributed by atoms with Crippen molar-refractivity contribution in [3.05, 3.63) is 0 Å². The van der Waals surface area contributed by atoms with Crippen LogP contribution in [0.4, 0.5) is 0 Å². The summed E-state index contributed by atoms with van der Waals surface area (Å²) < 4.78 is 0. The molecule has 0 aromatic carbocycles. The maximum atomic E-state index is 11.0. The van der Waals surface area contributed by atoms with Crippen molar-refractivity contribution in [3.63, 3.8) is 0 Å². The molecule has 0 fully saturated rings. The number of carboxylic acids is 2. The van der Waals surface area contributed by atoms with Crippen LogP contribution in [0.5, 0.6) is 0 Å². The Hall–Kier alpha value is -1.06. The lowest BCUT2D eigenvalue weighted by atomic mass is 9.61. The van der Waals surface area contributed by atoms with Crippen LogP contribution in [-0.2, 0) is 9.59 Å². The van der Waals surface area contributed by atoms with Crippen LogP contribution in [0.1, 0.15) is 34.6 Å². The zero-order chi connectivity index (χ0) is 11.7. The minimum absolute atomic E-state index is 0.0281. The molecule has 0 atom stereocenters. The molecule has 0 saturated heterocycles. The van der Waals surface area contributed by atoms with Crippen molar-refractivity contribution < 1.29 is 19.8 Å². The lowest BCUT2D eigenvalue weighted by Crippen LogP contribution is -2.50. The lowest BCUT2D eigenvalue weighted by molar-refractivity contribution is -0.175. The average molecular weight is 202 g/mol. The standard InChI is InChI=1S/C10H18O4/c1-6(2)9(3,4)10(5,7(11)12)8(13)14/h6H,1-5H3,(H,11,12)(H,13,14). The van der Waals surface area contributed by atoms with Crippen LogP contribution in [0.3, 0.4) is 0 Å². The van der Waals surface area contributed by atoms with Crippen LogP contribution in [0.25, 0.3) is 0 Å². The largest absolute Gasteiger partial charge is 0.480 e. The van der Waals surface area contributed by atoms with E-state index in [9.17, 15) is 9.59 Å². The van der Waals surface area contributed by atoms with Crippen molar-refractivity contribution in [1.29, 1.82) is 0 Å². The second kappa shape index (κ2) is 3.59. The summed E-state index contributed by atoms with van der Waals surface area (Å²) in [5, 5.41) is 18.0. The van der Waals surface area contributed by atoms with Crippen molar-refractivity contribution in [2.24, 2.45) is 16.7 Å². The Morgan fingerprint density at radius 2 is 1.29 bits per heavy atom. The van der Waals surface area contributed by atoms with Gasteiger partial charge in [-0.05, 0) is 18.3 Å². The van der Waals surface area contributed by atoms with E-state index in [0.717, 1.165) is 0 Å². The molecular formula is C10H18O4. The minimum atomic E-state index is -1.75. The first-order valence-electron chi connectivity index (χ1n) is 4.55. The highest BCUT2D eigenvalue weighted by Gasteiger charge is 2.55. The molecule has 0 radical (unpaired) electrons. The maximum absolute atomic E-state index is 11.0. The Labute approximate surface area is 83.9 Å². The maximum Gasteiger partial charge on any atom is 0.321 e. The van der Waals surface area contributed by atoms with Crippen LogP contribution >= 0.6 is 0 Å². The van der Waals surface area contributed by atoms with E-state index in [-0.39, 0.29) is 5.92 Å². The van der Waals surface area contributed by atoms with Crippen molar-refractivity contribution >= 4 is 11.9 Å². The van der Waals surface area contributed by atoms with Crippen molar-refractivity contribution in [1.82, 2.24) is 0 Å². The molecule has 14 heavy (non-hydrogen) atoms. The summed E-state index contributed by atoms with van der Waals surface area (Å²) in [6.45, 7) is 8.24. The van der Waals surface area contributed by atoms with Gasteiger partial charge in [0.2, 0.25) is 0 Å². The van der Waals surface area contributed by atoms with Crippen molar-refractivity contribution in [3.8, 4) is 0 Å². The van der Waals surface area contributed by atoms with Crippen LogP contribution in [0.2, 0.25) is 0 Å². The van der Waals surface area contributed by atoms with Gasteiger partial charge < -0.3 is 10.2 Å². The normalized spacial score (nSPS) is 13.0. The summed E-state index contributed by atoms with van der Waals surface area (Å²) in [5.74, 6) is -2.60. The highest BCUT2D eigenvalue weighted by atomic mass is 16.4. The first kappa shape index (κ1) is 12.9. The Morgan fingerprint density at radius 3 is 1.36 bits per heavy atom. The summed E-state index contributed by atoms with van der Waals surface area (Å²) in [4.78, 5) is 22.1. The van der Waals surface area contributed by atoms with E-state index in [1.54, 1.807) is 13.8 Å². The van der Waals surface area contributed by atoms with Gasteiger partial charge in [0.1, 0.15) is 0 Å². The van der Waals surface area contributed by atoms with Gasteiger partial charge in [0.25, 0.3) is 0 Å². The third-order valence-corrected chi connectivity index (χ3v) is 3.59. The van der Waals surface area contributed by atoms with Crippen LogP contribution < -0.4 is 0 Å². The van der Waals surface area contributed by atoms with Crippen molar-refractivity contribution in [2.75, 3.05) is 0 Å². The molecule has 0 heterocycles. The zero-order valence-corrected chi connectivity index (χ0v) is 9.29. The third-order valence-electron chi connectivity index (χ3n) is 3.59. The Balaban J connectivity index is 5.44. The molecule has 0 aliphatic heterocycles. The fourth-order valence-electron chi connectivity index (χ4n) is 1.22. The molecule has 0 amide bonds. The molecule has 0 bridgehead atoms. The third kappa shape index (κ3) is 1.61. The molecule has 0 rings (SSSR count). The smallest absolute Gasteiger partial charge is 0.321 e. The molecular weight excluding hydrogens is 184 g/mol. The monoisotopic (exact) mass is 202 g/mol. The molecule has 2 N–H and O–H groups in total. The van der Waals surface area contributed by atoms with Gasteiger partial charge in [0.05, 0.1) is 0 Å². The van der Waals surface area contributed by atoms with E-state index in [1.807, 2.05) is 13.8 Å². The van der Waals surface area contributed by atoms with Crippen LogP contribution in [0, 0.1) is 16.7 Å². The molecule has 0 unspecified atom stereocenters. The number of carboxylic acid groups (broad SMARTS) is 2. The fraction of sp³-hybridized carbons (Fsp3) is 0.800. The van der Waals surface area contributed by atoms with E-state index in [4.69, 9.17) is 10.2 Å². The van der Waals surface area contributed by atoms with Gasteiger partial charge >= 0.3 is 11.9 Å². The second-order valence-electron chi connectivity index (χ2n) is 4.61. The van der Waals surface area contributed by atoms with Gasteiger partial charge in [-0.2, -0.15) is 0 Å². The molecule has 0 aromatic rings. The number of hydrogen-bond donors (Lipinski definition) is 2. The molecule has 0 saturated carbocycles. The SMILES string of the molecule is CC(C)C(C)(C)C(C)(C(=O)O)C(=O)O. The molecule has 0 aliphatic rings. The molecule has 0 aliphatic carbocycles. The summed E-state index contributed by atoms with van der Waals surface area (Å²) >= 11 is 0. The number of rotatable bonds is 4. The topological polar surface area (TPSA) is 74.6 Å². The predicted octanol–water partition coefficient (Wildman–Crippen LogP) is 1.84. The fourth-order valence-corrected chi connectivity index (χ4v) is 1.22. The summed E-state index contributed by atoms with van der Waals surface area (Å²) in [7, 11) is 0. The van der Waals surface area contributed by atoms with Gasteiger partial charge in [0.15, 0.2) is 5.41 Å². The lowest BCUT2D eigenvalue weighted by Gasteiger charge is -2.40. The Kier molecular flexibility index (Phi) is 3.32. The first-order valence-corrected chi connectivity index (χ1v) is 4.55. The first-order chi connectivity index (χ1) is 6.08. The van der Waals surface area contributed by atoms with E-state index in [1.165, 1.54) is 6.92 Å². The second-order valence-corrected chi connectivity index (χ2v) is 4.61. The minimum Gasteiger partial charge on any atom is -0.480 e. The van der Waals surface area contributed by atoms with Crippen molar-refractivity contribution in [2.45, 2.75) is 34.6 Å². The average Bonchev–Trinajstić information content (AvgIpc) is 2.01. The zero-order valence-electron chi connectivity index (χ0n) is 9.29. The summed E-state index contributed by atoms with van der Waals surface area (Å²) in [6.07, 6.45) is 0.